The molecule has 2 rings (SSSR count). The van der Waals surface area contributed by atoms with Gasteiger partial charge in [0.15, 0.2) is 30.0 Å². The second-order valence-corrected chi connectivity index (χ2v) is 7.44. The highest BCUT2D eigenvalue weighted by atomic mass is 16.6. The van der Waals surface area contributed by atoms with Crippen molar-refractivity contribution in [3.8, 4) is 17.6 Å². The summed E-state index contributed by atoms with van der Waals surface area (Å²) in [7, 11) is 3.01. The van der Waals surface area contributed by atoms with Gasteiger partial charge in [-0.3, -0.25) is 9.59 Å². The maximum atomic E-state index is 12.7. The van der Waals surface area contributed by atoms with Gasteiger partial charge < -0.3 is 19.1 Å². The average molecular weight is 416 g/mol. The van der Waals surface area contributed by atoms with E-state index in [-0.39, 0.29) is 11.5 Å². The van der Waals surface area contributed by atoms with E-state index in [1.54, 1.807) is 13.1 Å². The second kappa shape index (κ2) is 10.1. The summed E-state index contributed by atoms with van der Waals surface area (Å²) in [6.45, 7) is 2.49. The molecule has 0 unspecified atom stereocenters. The minimum atomic E-state index is -1.04. The quantitative estimate of drug-likeness (QED) is 0.474. The second-order valence-electron chi connectivity index (χ2n) is 7.44. The Morgan fingerprint density at radius 2 is 1.87 bits per heavy atom. The molecule has 1 atom stereocenters. The van der Waals surface area contributed by atoms with Crippen LogP contribution in [0, 0.1) is 11.3 Å². The highest BCUT2D eigenvalue weighted by Crippen LogP contribution is 2.33. The zero-order chi connectivity index (χ0) is 22.3. The van der Waals surface area contributed by atoms with Crippen molar-refractivity contribution < 1.29 is 28.6 Å². The van der Waals surface area contributed by atoms with E-state index in [4.69, 9.17) is 14.2 Å². The van der Waals surface area contributed by atoms with Gasteiger partial charge in [0.25, 0.3) is 5.91 Å². The van der Waals surface area contributed by atoms with Gasteiger partial charge in [0.2, 0.25) is 0 Å². The highest BCUT2D eigenvalue weighted by Gasteiger charge is 2.40. The predicted octanol–water partition coefficient (Wildman–Crippen LogP) is 2.89. The number of nitrogens with zero attached hydrogens (tertiary/aromatic N) is 2. The smallest absolute Gasteiger partial charge is 0.344 e. The molecule has 1 aromatic rings. The van der Waals surface area contributed by atoms with Crippen LogP contribution in [0.5, 0.6) is 11.5 Å². The van der Waals surface area contributed by atoms with Gasteiger partial charge in [0, 0.05) is 12.6 Å². The Bertz CT molecular complexity index is 839. The van der Waals surface area contributed by atoms with Crippen LogP contribution in [0.3, 0.4) is 0 Å². The number of hydrogen-bond acceptors (Lipinski definition) is 7. The summed E-state index contributed by atoms with van der Waals surface area (Å²) in [5.74, 6) is -0.676. The fourth-order valence-corrected chi connectivity index (χ4v) is 3.57. The van der Waals surface area contributed by atoms with E-state index in [0.717, 1.165) is 19.3 Å². The number of likely N-dealkylation sites (N-methyl/N-ethyl adjacent to an activating group) is 1. The van der Waals surface area contributed by atoms with Crippen LogP contribution < -0.4 is 9.47 Å². The third-order valence-corrected chi connectivity index (χ3v) is 5.43. The predicted molar refractivity (Wildman–Crippen MR) is 108 cm³/mol. The van der Waals surface area contributed by atoms with Crippen molar-refractivity contribution >= 4 is 17.7 Å². The van der Waals surface area contributed by atoms with Crippen LogP contribution in [0.25, 0.3) is 0 Å². The van der Waals surface area contributed by atoms with Crippen LogP contribution in [0.15, 0.2) is 18.2 Å². The van der Waals surface area contributed by atoms with Crippen LogP contribution >= 0.6 is 0 Å². The van der Waals surface area contributed by atoms with Crippen LogP contribution in [0.1, 0.15) is 56.3 Å². The van der Waals surface area contributed by atoms with E-state index in [1.807, 2.05) is 0 Å². The molecule has 162 valence electrons. The molecule has 1 aliphatic carbocycles. The molecule has 1 saturated carbocycles. The molecular formula is C22H28N2O6. The Balaban J connectivity index is 1.95. The lowest BCUT2D eigenvalue weighted by atomic mass is 9.81. The van der Waals surface area contributed by atoms with Crippen molar-refractivity contribution in [2.45, 2.75) is 57.6 Å². The molecule has 0 aromatic heterocycles. The summed E-state index contributed by atoms with van der Waals surface area (Å²) < 4.78 is 15.8. The van der Waals surface area contributed by atoms with Gasteiger partial charge >= 0.3 is 5.97 Å². The van der Waals surface area contributed by atoms with Crippen LogP contribution in [-0.4, -0.2) is 55.0 Å². The Labute approximate surface area is 176 Å². The first kappa shape index (κ1) is 23.2. The number of ketones is 1. The summed E-state index contributed by atoms with van der Waals surface area (Å²) in [5, 5.41) is 9.63. The number of benzene rings is 1. The highest BCUT2D eigenvalue weighted by molar-refractivity contribution is 5.94. The summed E-state index contributed by atoms with van der Waals surface area (Å²) in [5.41, 5.74) is -0.392. The van der Waals surface area contributed by atoms with Gasteiger partial charge in [0.05, 0.1) is 13.2 Å². The molecule has 0 heterocycles. The molecule has 1 aromatic carbocycles. The summed E-state index contributed by atoms with van der Waals surface area (Å²) in [6.07, 6.45) is 3.01. The third-order valence-electron chi connectivity index (χ3n) is 5.43. The first-order valence-electron chi connectivity index (χ1n) is 9.94. The lowest BCUT2D eigenvalue weighted by Gasteiger charge is -2.39. The van der Waals surface area contributed by atoms with E-state index in [1.165, 1.54) is 38.0 Å². The van der Waals surface area contributed by atoms with Crippen LogP contribution in [0.2, 0.25) is 0 Å². The minimum Gasteiger partial charge on any atom is -0.493 e. The minimum absolute atomic E-state index is 0.121. The maximum absolute atomic E-state index is 12.7. The molecule has 1 amide bonds. The fourth-order valence-electron chi connectivity index (χ4n) is 3.57. The van der Waals surface area contributed by atoms with Gasteiger partial charge in [-0.1, -0.05) is 19.3 Å². The number of amides is 1. The standard InChI is InChI=1S/C22H28N2O6/c1-15(25)17-8-9-18(19(12-17)28-4)29-13-20(26)30-16(2)21(27)24(3)22(14-23)10-6-5-7-11-22/h8-9,12,16H,5-7,10-11,13H2,1-4H3/t16-/m1/s1. The molecule has 0 N–H and O–H groups in total. The Morgan fingerprint density at radius 3 is 2.43 bits per heavy atom. The molecule has 0 spiro atoms. The number of nitriles is 1. The molecule has 0 aliphatic heterocycles. The normalized spacial score (nSPS) is 16.0. The molecule has 1 aliphatic rings. The summed E-state index contributed by atoms with van der Waals surface area (Å²) in [6, 6.07) is 6.90. The molecule has 0 bridgehead atoms. The third kappa shape index (κ3) is 5.29. The number of ether oxygens (including phenoxy) is 3. The zero-order valence-corrected chi connectivity index (χ0v) is 17.9. The van der Waals surface area contributed by atoms with Crippen molar-refractivity contribution in [1.82, 2.24) is 4.90 Å². The summed E-state index contributed by atoms with van der Waals surface area (Å²) >= 11 is 0. The number of carbonyl (C=O) groups is 3. The number of esters is 1. The Kier molecular flexibility index (Phi) is 7.81. The SMILES string of the molecule is COc1cc(C(C)=O)ccc1OCC(=O)O[C@H](C)C(=O)N(C)C1(C#N)CCCCC1. The van der Waals surface area contributed by atoms with Gasteiger partial charge in [-0.15, -0.1) is 0 Å². The molecule has 1 fully saturated rings. The lowest BCUT2D eigenvalue weighted by molar-refractivity contribution is -0.162. The molecular weight excluding hydrogens is 388 g/mol. The average Bonchev–Trinajstić information content (AvgIpc) is 2.76. The van der Waals surface area contributed by atoms with Crippen molar-refractivity contribution in [3.63, 3.8) is 0 Å². The van der Waals surface area contributed by atoms with Crippen LogP contribution in [-0.2, 0) is 14.3 Å². The molecule has 8 nitrogen and oxygen atoms in total. The van der Waals surface area contributed by atoms with E-state index in [0.29, 0.717) is 24.2 Å². The van der Waals surface area contributed by atoms with E-state index in [9.17, 15) is 19.6 Å². The van der Waals surface area contributed by atoms with Crippen molar-refractivity contribution in [3.05, 3.63) is 23.8 Å². The van der Waals surface area contributed by atoms with E-state index >= 15 is 0 Å². The van der Waals surface area contributed by atoms with Gasteiger partial charge in [-0.05, 0) is 44.9 Å². The topological polar surface area (TPSA) is 106 Å². The molecule has 8 heteroatoms. The fraction of sp³-hybridized carbons (Fsp3) is 0.545. The first-order valence-corrected chi connectivity index (χ1v) is 9.94. The molecule has 30 heavy (non-hydrogen) atoms. The summed E-state index contributed by atoms with van der Waals surface area (Å²) in [4.78, 5) is 37.8. The van der Waals surface area contributed by atoms with Gasteiger partial charge in [-0.25, -0.2) is 4.79 Å². The van der Waals surface area contributed by atoms with Crippen molar-refractivity contribution in [2.75, 3.05) is 20.8 Å². The zero-order valence-electron chi connectivity index (χ0n) is 17.9. The number of hydrogen-bond donors (Lipinski definition) is 0. The lowest BCUT2D eigenvalue weighted by Crippen LogP contribution is -2.53. The number of rotatable bonds is 8. The maximum Gasteiger partial charge on any atom is 0.344 e. The first-order chi connectivity index (χ1) is 14.2. The Morgan fingerprint density at radius 1 is 1.20 bits per heavy atom. The number of Topliss-reactive ketones (excluding diaryl/α,β-unsaturated/α-hetero) is 1. The molecule has 0 radical (unpaired) electrons. The Hall–Kier alpha value is -3.08. The molecule has 0 saturated heterocycles. The van der Waals surface area contributed by atoms with Crippen LogP contribution in [0.4, 0.5) is 0 Å². The largest absolute Gasteiger partial charge is 0.493 e. The monoisotopic (exact) mass is 416 g/mol. The van der Waals surface area contributed by atoms with Crippen molar-refractivity contribution in [2.24, 2.45) is 0 Å². The number of carbonyl (C=O) groups excluding carboxylic acids is 3. The van der Waals surface area contributed by atoms with E-state index < -0.39 is 30.1 Å². The van der Waals surface area contributed by atoms with Crippen molar-refractivity contribution in [1.29, 1.82) is 5.26 Å². The van der Waals surface area contributed by atoms with Gasteiger partial charge in [0.1, 0.15) is 5.54 Å². The van der Waals surface area contributed by atoms with E-state index in [2.05, 4.69) is 6.07 Å². The van der Waals surface area contributed by atoms with Gasteiger partial charge in [-0.2, -0.15) is 5.26 Å². The number of methoxy groups -OCH3 is 1.